The number of nitriles is 1. The van der Waals surface area contributed by atoms with Gasteiger partial charge in [0.15, 0.2) is 0 Å². The summed E-state index contributed by atoms with van der Waals surface area (Å²) in [5, 5.41) is 14.5. The Morgan fingerprint density at radius 2 is 2.11 bits per heavy atom. The fourth-order valence-electron chi connectivity index (χ4n) is 1.33. The van der Waals surface area contributed by atoms with E-state index in [0.717, 1.165) is 25.9 Å². The van der Waals surface area contributed by atoms with Crippen LogP contribution in [0.1, 0.15) is 12.8 Å². The lowest BCUT2D eigenvalue weighted by molar-refractivity contribution is -0.117. The predicted molar refractivity (Wildman–Crippen MR) is 74.4 cm³/mol. The van der Waals surface area contributed by atoms with Gasteiger partial charge in [0.2, 0.25) is 0 Å². The normalized spacial score (nSPS) is 11.2. The minimum atomic E-state index is -0.348. The van der Waals surface area contributed by atoms with Gasteiger partial charge in [0.25, 0.3) is 5.91 Å². The zero-order chi connectivity index (χ0) is 14.5. The Balaban J connectivity index is 3.90. The summed E-state index contributed by atoms with van der Waals surface area (Å²) in [5.41, 5.74) is 0.0993. The molecule has 0 aliphatic rings. The van der Waals surface area contributed by atoms with Gasteiger partial charge in [0, 0.05) is 33.0 Å². The second-order valence-electron chi connectivity index (χ2n) is 4.38. The van der Waals surface area contributed by atoms with Gasteiger partial charge in [-0.3, -0.25) is 4.79 Å². The first-order valence-electron chi connectivity index (χ1n) is 6.37. The van der Waals surface area contributed by atoms with Crippen LogP contribution in [0.3, 0.4) is 0 Å². The van der Waals surface area contributed by atoms with Crippen LogP contribution in [-0.2, 0) is 9.53 Å². The summed E-state index contributed by atoms with van der Waals surface area (Å²) in [6, 6.07) is 1.89. The molecule has 6 nitrogen and oxygen atoms in total. The summed E-state index contributed by atoms with van der Waals surface area (Å²) in [4.78, 5) is 13.7. The largest absolute Gasteiger partial charge is 0.390 e. The minimum Gasteiger partial charge on any atom is -0.390 e. The highest BCUT2D eigenvalue weighted by Gasteiger charge is 2.07. The average Bonchev–Trinajstić information content (AvgIpc) is 2.38. The van der Waals surface area contributed by atoms with Gasteiger partial charge in [0.05, 0.1) is 0 Å². The molecular weight excluding hydrogens is 244 g/mol. The van der Waals surface area contributed by atoms with Crippen molar-refractivity contribution in [2.75, 3.05) is 47.4 Å². The minimum absolute atomic E-state index is 0.0993. The third-order valence-electron chi connectivity index (χ3n) is 2.35. The second-order valence-corrected chi connectivity index (χ2v) is 4.38. The van der Waals surface area contributed by atoms with E-state index in [1.165, 1.54) is 6.20 Å². The molecule has 6 heteroatoms. The van der Waals surface area contributed by atoms with Gasteiger partial charge in [-0.1, -0.05) is 0 Å². The van der Waals surface area contributed by atoms with E-state index in [0.29, 0.717) is 13.2 Å². The van der Waals surface area contributed by atoms with Crippen LogP contribution in [-0.4, -0.2) is 58.3 Å². The molecule has 0 atom stereocenters. The standard InChI is InChI=1S/C13H24N4O2/c1-17(2)8-4-6-15-11-12(10-14)13(18)16-7-5-9-19-3/h11,15H,4-9H2,1-3H3,(H,16,18)/b12-11-. The molecule has 0 bridgehead atoms. The highest BCUT2D eigenvalue weighted by atomic mass is 16.5. The Hall–Kier alpha value is -1.58. The third-order valence-corrected chi connectivity index (χ3v) is 2.35. The number of rotatable bonds is 10. The summed E-state index contributed by atoms with van der Waals surface area (Å²) in [6.45, 7) is 2.80. The van der Waals surface area contributed by atoms with E-state index in [-0.39, 0.29) is 11.5 Å². The van der Waals surface area contributed by atoms with E-state index in [2.05, 4.69) is 15.5 Å². The molecule has 0 heterocycles. The van der Waals surface area contributed by atoms with Crippen LogP contribution in [0.25, 0.3) is 0 Å². The van der Waals surface area contributed by atoms with E-state index in [1.54, 1.807) is 7.11 Å². The van der Waals surface area contributed by atoms with Crippen LogP contribution < -0.4 is 10.6 Å². The maximum atomic E-state index is 11.6. The molecule has 0 aromatic heterocycles. The molecule has 108 valence electrons. The van der Waals surface area contributed by atoms with Gasteiger partial charge < -0.3 is 20.3 Å². The number of nitrogens with zero attached hydrogens (tertiary/aromatic N) is 2. The van der Waals surface area contributed by atoms with Crippen molar-refractivity contribution in [3.63, 3.8) is 0 Å². The smallest absolute Gasteiger partial charge is 0.263 e. The topological polar surface area (TPSA) is 77.4 Å². The SMILES string of the molecule is COCCCNC(=O)/C(C#N)=C\NCCCN(C)C. The zero-order valence-corrected chi connectivity index (χ0v) is 12.0. The number of nitrogens with one attached hydrogen (secondary N) is 2. The Bertz CT molecular complexity index is 321. The first kappa shape index (κ1) is 17.4. The van der Waals surface area contributed by atoms with Crippen molar-refractivity contribution in [2.45, 2.75) is 12.8 Å². The molecule has 0 fully saturated rings. The van der Waals surface area contributed by atoms with E-state index >= 15 is 0 Å². The van der Waals surface area contributed by atoms with Crippen LogP contribution in [0.2, 0.25) is 0 Å². The summed E-state index contributed by atoms with van der Waals surface area (Å²) in [7, 11) is 5.62. The quantitative estimate of drug-likeness (QED) is 0.333. The van der Waals surface area contributed by atoms with E-state index < -0.39 is 0 Å². The molecule has 0 aromatic carbocycles. The lowest BCUT2D eigenvalue weighted by Crippen LogP contribution is -2.27. The van der Waals surface area contributed by atoms with Gasteiger partial charge in [0.1, 0.15) is 11.6 Å². The molecule has 0 rings (SSSR count). The van der Waals surface area contributed by atoms with Crippen molar-refractivity contribution in [1.82, 2.24) is 15.5 Å². The first-order valence-corrected chi connectivity index (χ1v) is 6.37. The van der Waals surface area contributed by atoms with Crippen LogP contribution in [0, 0.1) is 11.3 Å². The van der Waals surface area contributed by atoms with Crippen LogP contribution >= 0.6 is 0 Å². The highest BCUT2D eigenvalue weighted by Crippen LogP contribution is 1.91. The Morgan fingerprint density at radius 3 is 2.68 bits per heavy atom. The van der Waals surface area contributed by atoms with Gasteiger partial charge in [-0.15, -0.1) is 0 Å². The molecule has 1 amide bonds. The lowest BCUT2D eigenvalue weighted by atomic mass is 10.3. The number of carbonyl (C=O) groups is 1. The molecule has 0 aliphatic carbocycles. The van der Waals surface area contributed by atoms with E-state index in [4.69, 9.17) is 10.00 Å². The van der Waals surface area contributed by atoms with Gasteiger partial charge in [-0.05, 0) is 33.5 Å². The van der Waals surface area contributed by atoms with Crippen molar-refractivity contribution in [3.8, 4) is 6.07 Å². The number of ether oxygens (including phenoxy) is 1. The predicted octanol–water partition coefficient (Wildman–Crippen LogP) is 0.0879. The van der Waals surface area contributed by atoms with Crippen LogP contribution in [0.15, 0.2) is 11.8 Å². The molecule has 0 aromatic rings. The lowest BCUT2D eigenvalue weighted by Gasteiger charge is -2.09. The highest BCUT2D eigenvalue weighted by molar-refractivity contribution is 5.97. The summed E-state index contributed by atoms with van der Waals surface area (Å²) in [6.07, 6.45) is 3.16. The van der Waals surface area contributed by atoms with Crippen molar-refractivity contribution >= 4 is 5.91 Å². The Labute approximate surface area is 115 Å². The number of methoxy groups -OCH3 is 1. The second kappa shape index (κ2) is 11.5. The van der Waals surface area contributed by atoms with Gasteiger partial charge in [-0.2, -0.15) is 5.26 Å². The number of hydrogen-bond acceptors (Lipinski definition) is 5. The molecule has 0 saturated heterocycles. The van der Waals surface area contributed by atoms with Crippen LogP contribution in [0.4, 0.5) is 0 Å². The number of carbonyl (C=O) groups excluding carboxylic acids is 1. The molecule has 2 N–H and O–H groups in total. The van der Waals surface area contributed by atoms with Crippen LogP contribution in [0.5, 0.6) is 0 Å². The van der Waals surface area contributed by atoms with Crippen molar-refractivity contribution in [3.05, 3.63) is 11.8 Å². The number of hydrogen-bond donors (Lipinski definition) is 2. The third kappa shape index (κ3) is 10.1. The first-order chi connectivity index (χ1) is 9.11. The zero-order valence-electron chi connectivity index (χ0n) is 12.0. The van der Waals surface area contributed by atoms with Crippen molar-refractivity contribution < 1.29 is 9.53 Å². The molecule has 19 heavy (non-hydrogen) atoms. The molecular formula is C13H24N4O2. The molecule has 0 unspecified atom stereocenters. The number of amides is 1. The summed E-state index contributed by atoms with van der Waals surface area (Å²) in [5.74, 6) is -0.348. The van der Waals surface area contributed by atoms with E-state index in [9.17, 15) is 4.79 Å². The molecule has 0 aliphatic heterocycles. The summed E-state index contributed by atoms with van der Waals surface area (Å²) < 4.78 is 4.87. The van der Waals surface area contributed by atoms with Gasteiger partial charge >= 0.3 is 0 Å². The Kier molecular flexibility index (Phi) is 10.6. The van der Waals surface area contributed by atoms with E-state index in [1.807, 2.05) is 20.2 Å². The Morgan fingerprint density at radius 1 is 1.37 bits per heavy atom. The molecule has 0 saturated carbocycles. The summed E-state index contributed by atoms with van der Waals surface area (Å²) >= 11 is 0. The maximum Gasteiger partial charge on any atom is 0.263 e. The monoisotopic (exact) mass is 268 g/mol. The fourth-order valence-corrected chi connectivity index (χ4v) is 1.33. The molecule has 0 spiro atoms. The average molecular weight is 268 g/mol. The van der Waals surface area contributed by atoms with Gasteiger partial charge in [-0.25, -0.2) is 0 Å². The van der Waals surface area contributed by atoms with Crippen molar-refractivity contribution in [1.29, 1.82) is 5.26 Å². The molecule has 0 radical (unpaired) electrons. The van der Waals surface area contributed by atoms with Crippen molar-refractivity contribution in [2.24, 2.45) is 0 Å². The maximum absolute atomic E-state index is 11.6. The fraction of sp³-hybridized carbons (Fsp3) is 0.692.